The Morgan fingerprint density at radius 2 is 2.00 bits per heavy atom. The second-order valence-electron chi connectivity index (χ2n) is 6.92. The summed E-state index contributed by atoms with van der Waals surface area (Å²) in [6, 6.07) is 7.62. The highest BCUT2D eigenvalue weighted by Crippen LogP contribution is 2.36. The predicted octanol–water partition coefficient (Wildman–Crippen LogP) is 3.60. The van der Waals surface area contributed by atoms with Crippen LogP contribution in [0.25, 0.3) is 0 Å². The summed E-state index contributed by atoms with van der Waals surface area (Å²) in [5.41, 5.74) is 0.213. The fourth-order valence-electron chi connectivity index (χ4n) is 2.80. The molecular weight excluding hydrogens is 302 g/mol. The Labute approximate surface area is 137 Å². The average Bonchev–Trinajstić information content (AvgIpc) is 2.45. The van der Waals surface area contributed by atoms with Crippen LogP contribution in [-0.4, -0.2) is 41.4 Å². The zero-order valence-electron chi connectivity index (χ0n) is 13.4. The zero-order valence-corrected chi connectivity index (χ0v) is 14.2. The lowest BCUT2D eigenvalue weighted by Gasteiger charge is -2.41. The number of piperidine rings is 1. The lowest BCUT2D eigenvalue weighted by Crippen LogP contribution is -2.48. The van der Waals surface area contributed by atoms with Gasteiger partial charge in [-0.2, -0.15) is 0 Å². The van der Waals surface area contributed by atoms with Crippen LogP contribution in [0.3, 0.4) is 0 Å². The van der Waals surface area contributed by atoms with Gasteiger partial charge in [-0.1, -0.05) is 23.7 Å². The molecule has 0 bridgehead atoms. The molecule has 1 aliphatic heterocycles. The van der Waals surface area contributed by atoms with Crippen LogP contribution in [0, 0.1) is 0 Å². The van der Waals surface area contributed by atoms with Gasteiger partial charge in [-0.25, -0.2) is 4.79 Å². The minimum atomic E-state index is -0.491. The largest absolute Gasteiger partial charge is 0.444 e. The molecule has 0 aliphatic carbocycles. The number of carbonyl (C=O) groups excluding carboxylic acids is 1. The van der Waals surface area contributed by atoms with E-state index in [2.05, 4.69) is 0 Å². The summed E-state index contributed by atoms with van der Waals surface area (Å²) in [4.78, 5) is 13.8. The quantitative estimate of drug-likeness (QED) is 0.903. The molecule has 1 N–H and O–H groups in total. The SMILES string of the molecule is CC(C)(C)OC(=O)N1CCC(CO)(c2cccc(Cl)c2)CC1. The first-order chi connectivity index (χ1) is 10.3. The number of hydrogen-bond donors (Lipinski definition) is 1. The topological polar surface area (TPSA) is 49.8 Å². The van der Waals surface area contributed by atoms with E-state index >= 15 is 0 Å². The van der Waals surface area contributed by atoms with Crippen LogP contribution >= 0.6 is 11.6 Å². The second kappa shape index (κ2) is 6.47. The highest BCUT2D eigenvalue weighted by Gasteiger charge is 2.38. The number of amides is 1. The maximum absolute atomic E-state index is 12.1. The normalized spacial score (nSPS) is 18.1. The van der Waals surface area contributed by atoms with Gasteiger partial charge in [0, 0.05) is 23.5 Å². The minimum Gasteiger partial charge on any atom is -0.444 e. The van der Waals surface area contributed by atoms with E-state index in [0.717, 1.165) is 5.56 Å². The van der Waals surface area contributed by atoms with Gasteiger partial charge < -0.3 is 14.7 Å². The molecule has 0 saturated carbocycles. The van der Waals surface area contributed by atoms with Crippen LogP contribution in [0.5, 0.6) is 0 Å². The average molecular weight is 326 g/mol. The van der Waals surface area contributed by atoms with Gasteiger partial charge in [-0.15, -0.1) is 0 Å². The molecule has 1 aliphatic rings. The first kappa shape index (κ1) is 17.1. The maximum Gasteiger partial charge on any atom is 0.410 e. The van der Waals surface area contributed by atoms with Gasteiger partial charge in [0.05, 0.1) is 6.61 Å². The Hall–Kier alpha value is -1.26. The Morgan fingerprint density at radius 1 is 1.36 bits per heavy atom. The Morgan fingerprint density at radius 3 is 2.50 bits per heavy atom. The van der Waals surface area contributed by atoms with Crippen molar-refractivity contribution >= 4 is 17.7 Å². The summed E-state index contributed by atoms with van der Waals surface area (Å²) in [7, 11) is 0. The van der Waals surface area contributed by atoms with E-state index < -0.39 is 5.60 Å². The summed E-state index contributed by atoms with van der Waals surface area (Å²) in [6.45, 7) is 6.77. The van der Waals surface area contributed by atoms with Crippen LogP contribution in [0.1, 0.15) is 39.2 Å². The number of benzene rings is 1. The Balaban J connectivity index is 2.07. The molecular formula is C17H24ClNO3. The fourth-order valence-corrected chi connectivity index (χ4v) is 2.99. The number of nitrogens with zero attached hydrogens (tertiary/aromatic N) is 1. The summed E-state index contributed by atoms with van der Waals surface area (Å²) in [6.07, 6.45) is 1.11. The van der Waals surface area contributed by atoms with E-state index in [9.17, 15) is 9.90 Å². The van der Waals surface area contributed by atoms with Gasteiger partial charge in [0.2, 0.25) is 0 Å². The lowest BCUT2D eigenvalue weighted by molar-refractivity contribution is 0.0123. The van der Waals surface area contributed by atoms with Crippen molar-refractivity contribution < 1.29 is 14.6 Å². The van der Waals surface area contributed by atoms with Crippen molar-refractivity contribution in [2.24, 2.45) is 0 Å². The smallest absolute Gasteiger partial charge is 0.410 e. The molecule has 122 valence electrons. The third-order valence-corrected chi connectivity index (χ3v) is 4.35. The van der Waals surface area contributed by atoms with E-state index in [1.165, 1.54) is 0 Å². The molecule has 0 atom stereocenters. The molecule has 1 aromatic rings. The first-order valence-corrected chi connectivity index (χ1v) is 7.98. The van der Waals surface area contributed by atoms with Gasteiger partial charge in [0.1, 0.15) is 5.60 Å². The van der Waals surface area contributed by atoms with Crippen molar-refractivity contribution in [2.75, 3.05) is 19.7 Å². The van der Waals surface area contributed by atoms with Gasteiger partial charge in [-0.3, -0.25) is 0 Å². The van der Waals surface area contributed by atoms with Crippen molar-refractivity contribution in [1.82, 2.24) is 4.90 Å². The van der Waals surface area contributed by atoms with Gasteiger partial charge in [-0.05, 0) is 51.3 Å². The van der Waals surface area contributed by atoms with Crippen molar-refractivity contribution in [2.45, 2.75) is 44.6 Å². The van der Waals surface area contributed by atoms with E-state index in [1.54, 1.807) is 4.90 Å². The standard InChI is InChI=1S/C17H24ClNO3/c1-16(2,3)22-15(21)19-9-7-17(12-20,8-10-19)13-5-4-6-14(18)11-13/h4-6,11,20H,7-10,12H2,1-3H3. The third-order valence-electron chi connectivity index (χ3n) is 4.11. The molecule has 0 aromatic heterocycles. The maximum atomic E-state index is 12.1. The highest BCUT2D eigenvalue weighted by molar-refractivity contribution is 6.30. The van der Waals surface area contributed by atoms with Gasteiger partial charge in [0.25, 0.3) is 0 Å². The van der Waals surface area contributed by atoms with Crippen LogP contribution in [0.4, 0.5) is 4.79 Å². The molecule has 5 heteroatoms. The third kappa shape index (κ3) is 3.93. The molecule has 1 fully saturated rings. The summed E-state index contributed by atoms with van der Waals surface area (Å²) < 4.78 is 5.41. The highest BCUT2D eigenvalue weighted by atomic mass is 35.5. The van der Waals surface area contributed by atoms with Gasteiger partial charge >= 0.3 is 6.09 Å². The Kier molecular flexibility index (Phi) is 5.03. The fraction of sp³-hybridized carbons (Fsp3) is 0.588. The first-order valence-electron chi connectivity index (χ1n) is 7.61. The molecule has 1 amide bonds. The second-order valence-corrected chi connectivity index (χ2v) is 7.35. The van der Waals surface area contributed by atoms with Crippen LogP contribution in [0.2, 0.25) is 5.02 Å². The van der Waals surface area contributed by atoms with Crippen molar-refractivity contribution in [1.29, 1.82) is 0 Å². The van der Waals surface area contributed by atoms with Crippen molar-refractivity contribution in [3.05, 3.63) is 34.9 Å². The van der Waals surface area contributed by atoms with E-state index in [-0.39, 0.29) is 18.1 Å². The number of aliphatic hydroxyl groups excluding tert-OH is 1. The number of halogens is 1. The summed E-state index contributed by atoms with van der Waals surface area (Å²) >= 11 is 6.07. The van der Waals surface area contributed by atoms with Crippen LogP contribution in [0.15, 0.2) is 24.3 Å². The lowest BCUT2D eigenvalue weighted by atomic mass is 9.73. The van der Waals surface area contributed by atoms with Crippen LogP contribution < -0.4 is 0 Å². The molecule has 22 heavy (non-hydrogen) atoms. The predicted molar refractivity (Wildman–Crippen MR) is 87.3 cm³/mol. The van der Waals surface area contributed by atoms with E-state index in [4.69, 9.17) is 16.3 Å². The molecule has 2 rings (SSSR count). The molecule has 0 spiro atoms. The van der Waals surface area contributed by atoms with Gasteiger partial charge in [0.15, 0.2) is 0 Å². The van der Waals surface area contributed by atoms with E-state index in [1.807, 2.05) is 45.0 Å². The zero-order chi connectivity index (χ0) is 16.4. The Bertz CT molecular complexity index is 531. The molecule has 4 nitrogen and oxygen atoms in total. The molecule has 1 heterocycles. The number of rotatable bonds is 2. The number of likely N-dealkylation sites (tertiary alicyclic amines) is 1. The number of hydrogen-bond acceptors (Lipinski definition) is 3. The van der Waals surface area contributed by atoms with Crippen molar-refractivity contribution in [3.8, 4) is 0 Å². The summed E-state index contributed by atoms with van der Waals surface area (Å²) in [5.74, 6) is 0. The molecule has 1 aromatic carbocycles. The monoisotopic (exact) mass is 325 g/mol. The number of carbonyl (C=O) groups is 1. The van der Waals surface area contributed by atoms with Crippen molar-refractivity contribution in [3.63, 3.8) is 0 Å². The van der Waals surface area contributed by atoms with Crippen LogP contribution in [-0.2, 0) is 10.2 Å². The summed E-state index contributed by atoms with van der Waals surface area (Å²) in [5, 5.41) is 10.6. The number of ether oxygens (including phenoxy) is 1. The van der Waals surface area contributed by atoms with E-state index in [0.29, 0.717) is 31.0 Å². The molecule has 0 radical (unpaired) electrons. The molecule has 0 unspecified atom stereocenters. The molecule has 1 saturated heterocycles. The minimum absolute atomic E-state index is 0.0511. The number of aliphatic hydroxyl groups is 1.